The lowest BCUT2D eigenvalue weighted by atomic mass is 9.79. The third kappa shape index (κ3) is 4.46. The fraction of sp³-hybridized carbons (Fsp3) is 0.200. The van der Waals surface area contributed by atoms with Gasteiger partial charge in [0.1, 0.15) is 11.6 Å². The number of carbonyl (C=O) groups is 1. The molecular weight excluding hydrogens is 477 g/mol. The first-order valence-electron chi connectivity index (χ1n) is 12.3. The number of nitrogens with zero attached hydrogens (tertiary/aromatic N) is 1. The second-order valence-corrected chi connectivity index (χ2v) is 9.39. The Hall–Kier alpha value is -4.13. The van der Waals surface area contributed by atoms with Crippen molar-refractivity contribution in [3.05, 3.63) is 106 Å². The summed E-state index contributed by atoms with van der Waals surface area (Å²) in [6.07, 6.45) is 1.37. The summed E-state index contributed by atoms with van der Waals surface area (Å²) >= 11 is 0. The summed E-state index contributed by atoms with van der Waals surface area (Å²) in [5.41, 5.74) is 7.96. The number of halogens is 3. The van der Waals surface area contributed by atoms with Gasteiger partial charge in [0.2, 0.25) is 0 Å². The first-order chi connectivity index (χ1) is 17.9. The average Bonchev–Trinajstić information content (AvgIpc) is 2.88. The Morgan fingerprint density at radius 2 is 1.54 bits per heavy atom. The Morgan fingerprint density at radius 3 is 2.38 bits per heavy atom. The minimum atomic E-state index is -4.76. The molecule has 3 aromatic carbocycles. The molecule has 0 saturated heterocycles. The maximum absolute atomic E-state index is 13.6. The number of nitrogens with one attached hydrogen (secondary N) is 1. The smallest absolute Gasteiger partial charge is 0.406 e. The van der Waals surface area contributed by atoms with Gasteiger partial charge in [-0.1, -0.05) is 48.5 Å². The molecule has 186 valence electrons. The van der Waals surface area contributed by atoms with Gasteiger partial charge in [0.05, 0.1) is 0 Å². The lowest BCUT2D eigenvalue weighted by molar-refractivity contribution is -0.274. The molecule has 4 nitrogen and oxygen atoms in total. The van der Waals surface area contributed by atoms with Gasteiger partial charge in [-0.2, -0.15) is 0 Å². The predicted octanol–water partition coefficient (Wildman–Crippen LogP) is 7.40. The van der Waals surface area contributed by atoms with E-state index in [2.05, 4.69) is 10.1 Å². The summed E-state index contributed by atoms with van der Waals surface area (Å²) in [6.45, 7) is 0. The summed E-state index contributed by atoms with van der Waals surface area (Å²) in [5, 5.41) is 3.20. The minimum absolute atomic E-state index is 0.0284. The van der Waals surface area contributed by atoms with Gasteiger partial charge in [-0.3, -0.25) is 4.79 Å². The van der Waals surface area contributed by atoms with Gasteiger partial charge in [-0.15, -0.1) is 13.2 Å². The molecule has 0 aliphatic heterocycles. The molecule has 1 N–H and O–H groups in total. The third-order valence-electron chi connectivity index (χ3n) is 7.04. The van der Waals surface area contributed by atoms with Gasteiger partial charge >= 0.3 is 6.36 Å². The van der Waals surface area contributed by atoms with Crippen LogP contribution < -0.4 is 10.1 Å². The lowest BCUT2D eigenvalue weighted by Crippen LogP contribution is -2.17. The molecule has 4 aromatic rings. The van der Waals surface area contributed by atoms with Gasteiger partial charge in [-0.25, -0.2) is 4.98 Å². The van der Waals surface area contributed by atoms with Crippen molar-refractivity contribution in [1.82, 2.24) is 4.98 Å². The number of benzene rings is 3. The summed E-state index contributed by atoms with van der Waals surface area (Å²) < 4.78 is 42.1. The fourth-order valence-electron chi connectivity index (χ4n) is 5.47. The van der Waals surface area contributed by atoms with Crippen LogP contribution >= 0.6 is 0 Å². The Kier molecular flexibility index (Phi) is 5.71. The number of hydrogen-bond acceptors (Lipinski definition) is 4. The topological polar surface area (TPSA) is 51.2 Å². The summed E-state index contributed by atoms with van der Waals surface area (Å²) in [6, 6.07) is 19.5. The quantitative estimate of drug-likeness (QED) is 0.279. The van der Waals surface area contributed by atoms with Crippen LogP contribution in [0.3, 0.4) is 0 Å². The van der Waals surface area contributed by atoms with Gasteiger partial charge in [0, 0.05) is 34.6 Å². The van der Waals surface area contributed by atoms with Crippen LogP contribution in [0, 0.1) is 0 Å². The molecule has 2 aliphatic carbocycles. The molecule has 0 radical (unpaired) electrons. The van der Waals surface area contributed by atoms with E-state index in [1.807, 2.05) is 42.5 Å². The molecule has 0 unspecified atom stereocenters. The van der Waals surface area contributed by atoms with E-state index < -0.39 is 6.36 Å². The van der Waals surface area contributed by atoms with E-state index in [4.69, 9.17) is 4.98 Å². The Bertz CT molecular complexity index is 1530. The number of rotatable bonds is 4. The number of alkyl halides is 3. The van der Waals surface area contributed by atoms with Crippen LogP contribution in [0.5, 0.6) is 5.75 Å². The number of ether oxygens (including phenoxy) is 1. The molecule has 0 bridgehead atoms. The molecule has 2 aliphatic rings. The number of aromatic nitrogens is 1. The highest BCUT2D eigenvalue weighted by Gasteiger charge is 2.31. The van der Waals surface area contributed by atoms with Crippen LogP contribution in [0.4, 0.5) is 24.7 Å². The normalized spacial score (nSPS) is 14.4. The zero-order chi connectivity index (χ0) is 25.6. The minimum Gasteiger partial charge on any atom is -0.406 e. The molecule has 37 heavy (non-hydrogen) atoms. The van der Waals surface area contributed by atoms with Crippen molar-refractivity contribution in [2.45, 2.75) is 38.5 Å². The highest BCUT2D eigenvalue weighted by Crippen LogP contribution is 2.40. The molecule has 1 heterocycles. The van der Waals surface area contributed by atoms with E-state index in [0.717, 1.165) is 70.2 Å². The van der Waals surface area contributed by atoms with Crippen molar-refractivity contribution < 1.29 is 22.7 Å². The second-order valence-electron chi connectivity index (χ2n) is 9.39. The van der Waals surface area contributed by atoms with E-state index in [1.165, 1.54) is 18.2 Å². The largest absolute Gasteiger partial charge is 0.573 e. The van der Waals surface area contributed by atoms with Crippen LogP contribution in [-0.2, 0) is 19.3 Å². The molecule has 1 aromatic heterocycles. The van der Waals surface area contributed by atoms with E-state index in [-0.39, 0.29) is 11.5 Å². The number of anilines is 2. The standard InChI is InChI=1S/C30H23F3N2O2/c31-30(32,33)37-21-10-6-9-20(16-21)35-29-25-13-4-3-12-23(25)26(17-34-29)24-14-5-8-19-15-18-7-1-2-11-22(18)28(36)27(19)24/h1-2,5-11,14,16-17H,3-4,12-13,15H2,(H,34,35). The number of hydrogen-bond donors (Lipinski definition) is 1. The highest BCUT2D eigenvalue weighted by atomic mass is 19.4. The van der Waals surface area contributed by atoms with Crippen molar-refractivity contribution in [2.24, 2.45) is 0 Å². The van der Waals surface area contributed by atoms with Gasteiger partial charge in [-0.05, 0) is 72.1 Å². The van der Waals surface area contributed by atoms with Crippen molar-refractivity contribution >= 4 is 17.3 Å². The molecule has 6 rings (SSSR count). The fourth-order valence-corrected chi connectivity index (χ4v) is 5.47. The lowest BCUT2D eigenvalue weighted by Gasteiger charge is -2.26. The molecular formula is C30H23F3N2O2. The van der Waals surface area contributed by atoms with Crippen LogP contribution in [0.15, 0.2) is 72.9 Å². The molecule has 0 fully saturated rings. The zero-order valence-corrected chi connectivity index (χ0v) is 19.9. The number of carbonyl (C=O) groups excluding carboxylic acids is 1. The highest BCUT2D eigenvalue weighted by molar-refractivity contribution is 6.16. The molecule has 0 atom stereocenters. The summed E-state index contributed by atoms with van der Waals surface area (Å²) in [5.74, 6) is 0.350. The van der Waals surface area contributed by atoms with E-state index in [1.54, 1.807) is 12.3 Å². The van der Waals surface area contributed by atoms with Crippen LogP contribution in [0.2, 0.25) is 0 Å². The first-order valence-corrected chi connectivity index (χ1v) is 12.3. The van der Waals surface area contributed by atoms with Crippen molar-refractivity contribution in [1.29, 1.82) is 0 Å². The Balaban J connectivity index is 1.40. The maximum Gasteiger partial charge on any atom is 0.573 e. The Morgan fingerprint density at radius 1 is 0.811 bits per heavy atom. The van der Waals surface area contributed by atoms with Crippen molar-refractivity contribution in [3.8, 4) is 16.9 Å². The van der Waals surface area contributed by atoms with Crippen molar-refractivity contribution in [3.63, 3.8) is 0 Å². The average molecular weight is 501 g/mol. The van der Waals surface area contributed by atoms with Gasteiger partial charge < -0.3 is 10.1 Å². The van der Waals surface area contributed by atoms with Crippen LogP contribution in [0.1, 0.15) is 51.0 Å². The molecule has 7 heteroatoms. The zero-order valence-electron chi connectivity index (χ0n) is 19.9. The van der Waals surface area contributed by atoms with Gasteiger partial charge in [0.25, 0.3) is 0 Å². The predicted molar refractivity (Wildman–Crippen MR) is 135 cm³/mol. The summed E-state index contributed by atoms with van der Waals surface area (Å²) in [4.78, 5) is 18.3. The monoisotopic (exact) mass is 500 g/mol. The third-order valence-corrected chi connectivity index (χ3v) is 7.04. The van der Waals surface area contributed by atoms with Gasteiger partial charge in [0.15, 0.2) is 5.78 Å². The van der Waals surface area contributed by atoms with Crippen LogP contribution in [-0.4, -0.2) is 17.1 Å². The van der Waals surface area contributed by atoms with E-state index >= 15 is 0 Å². The van der Waals surface area contributed by atoms with E-state index in [9.17, 15) is 18.0 Å². The van der Waals surface area contributed by atoms with Crippen molar-refractivity contribution in [2.75, 3.05) is 5.32 Å². The van der Waals surface area contributed by atoms with E-state index in [0.29, 0.717) is 17.9 Å². The summed E-state index contributed by atoms with van der Waals surface area (Å²) in [7, 11) is 0. The number of ketones is 1. The SMILES string of the molecule is O=C1c2ccccc2Cc2cccc(-c3cnc(Nc4cccc(OC(F)(F)F)c4)c4c3CCCC4)c21. The van der Waals surface area contributed by atoms with Crippen LogP contribution in [0.25, 0.3) is 11.1 Å². The number of pyridine rings is 1. The molecule has 0 amide bonds. The molecule has 0 saturated carbocycles. The number of fused-ring (bicyclic) bond motifs is 3. The first kappa shape index (κ1) is 23.3. The molecule has 0 spiro atoms. The second kappa shape index (κ2) is 9.07. The Labute approximate surface area is 212 Å². The maximum atomic E-state index is 13.6.